The van der Waals surface area contributed by atoms with E-state index in [1.54, 1.807) is 6.29 Å². The van der Waals surface area contributed by atoms with Gasteiger partial charge in [0.15, 0.2) is 0 Å². The summed E-state index contributed by atoms with van der Waals surface area (Å²) in [6.45, 7) is 1.84. The zero-order valence-electron chi connectivity index (χ0n) is 5.96. The Morgan fingerprint density at radius 3 is 2.60 bits per heavy atom. The molecule has 3 heteroatoms. The van der Waals surface area contributed by atoms with E-state index in [0.717, 1.165) is 0 Å². The van der Waals surface area contributed by atoms with Gasteiger partial charge in [0.05, 0.1) is 0 Å². The first-order chi connectivity index (χ1) is 4.70. The van der Waals surface area contributed by atoms with E-state index in [1.165, 1.54) is 0 Å². The molecule has 0 aliphatic heterocycles. The Morgan fingerprint density at radius 1 is 1.70 bits per heavy atom. The van der Waals surface area contributed by atoms with Gasteiger partial charge in [-0.15, -0.1) is 0 Å². The maximum absolute atomic E-state index is 10.0. The highest BCUT2D eigenvalue weighted by molar-refractivity contribution is 5.67. The summed E-state index contributed by atoms with van der Waals surface area (Å²) >= 11 is 0. The summed E-state index contributed by atoms with van der Waals surface area (Å²) in [6, 6.07) is 0. The van der Waals surface area contributed by atoms with Crippen molar-refractivity contribution in [2.45, 2.75) is 26.2 Å². The molecule has 3 nitrogen and oxygen atoms in total. The van der Waals surface area contributed by atoms with Gasteiger partial charge in [0, 0.05) is 12.3 Å². The Kier molecular flexibility index (Phi) is 4.54. The maximum Gasteiger partial charge on any atom is 0.303 e. The second kappa shape index (κ2) is 4.97. The lowest BCUT2D eigenvalue weighted by Gasteiger charge is -2.01. The van der Waals surface area contributed by atoms with Crippen LogP contribution in [0.15, 0.2) is 0 Å². The molecule has 0 rings (SSSR count). The van der Waals surface area contributed by atoms with Crippen LogP contribution in [0.25, 0.3) is 0 Å². The van der Waals surface area contributed by atoms with Crippen molar-refractivity contribution >= 4 is 12.3 Å². The van der Waals surface area contributed by atoms with Crippen molar-refractivity contribution in [2.24, 2.45) is 5.92 Å². The normalized spacial score (nSPS) is 12.5. The minimum Gasteiger partial charge on any atom is -0.481 e. The molecular formula is C7H11O3. The molecule has 0 fully saturated rings. The van der Waals surface area contributed by atoms with Gasteiger partial charge >= 0.3 is 5.97 Å². The van der Waals surface area contributed by atoms with Crippen molar-refractivity contribution in [3.05, 3.63) is 0 Å². The van der Waals surface area contributed by atoms with Gasteiger partial charge < -0.3 is 5.11 Å². The van der Waals surface area contributed by atoms with E-state index >= 15 is 0 Å². The molecule has 0 saturated heterocycles. The lowest BCUT2D eigenvalue weighted by atomic mass is 10.0. The highest BCUT2D eigenvalue weighted by atomic mass is 16.4. The quantitative estimate of drug-likeness (QED) is 0.624. The summed E-state index contributed by atoms with van der Waals surface area (Å²) in [5.41, 5.74) is 0. The van der Waals surface area contributed by atoms with Crippen LogP contribution >= 0.6 is 0 Å². The molecule has 1 N–H and O–H groups in total. The molecule has 10 heavy (non-hydrogen) atoms. The number of hydrogen-bond donors (Lipinski definition) is 1. The van der Waals surface area contributed by atoms with Crippen LogP contribution in [0.1, 0.15) is 26.2 Å². The van der Waals surface area contributed by atoms with Crippen LogP contribution in [0.5, 0.6) is 0 Å². The first kappa shape index (κ1) is 9.14. The lowest BCUT2D eigenvalue weighted by Crippen LogP contribution is -2.04. The minimum absolute atomic E-state index is 0.0632. The van der Waals surface area contributed by atoms with Crippen molar-refractivity contribution in [3.8, 4) is 0 Å². The van der Waals surface area contributed by atoms with Crippen LogP contribution in [0.3, 0.4) is 0 Å². The van der Waals surface area contributed by atoms with E-state index in [1.807, 2.05) is 6.92 Å². The third-order valence-corrected chi connectivity index (χ3v) is 1.37. The molecule has 0 bridgehead atoms. The van der Waals surface area contributed by atoms with E-state index < -0.39 is 5.97 Å². The first-order valence-electron chi connectivity index (χ1n) is 3.30. The fraction of sp³-hybridized carbons (Fsp3) is 0.714. The molecule has 57 valence electrons. The number of aliphatic carboxylic acids is 1. The molecule has 1 atom stereocenters. The summed E-state index contributed by atoms with van der Waals surface area (Å²) in [5, 5.41) is 8.22. The Bertz CT molecular complexity index is 120. The zero-order valence-corrected chi connectivity index (χ0v) is 5.96. The van der Waals surface area contributed by atoms with Crippen molar-refractivity contribution in [3.63, 3.8) is 0 Å². The van der Waals surface area contributed by atoms with Crippen LogP contribution in [0, 0.1) is 5.92 Å². The van der Waals surface area contributed by atoms with Crippen molar-refractivity contribution in [2.75, 3.05) is 0 Å². The standard InChI is InChI=1S/C7H11O3/c1-2-6(5-8)3-4-7(9)10/h6H,2-4H2,1H3,(H,9,10). The second-order valence-corrected chi connectivity index (χ2v) is 2.16. The average molecular weight is 143 g/mol. The lowest BCUT2D eigenvalue weighted by molar-refractivity contribution is -0.137. The fourth-order valence-electron chi connectivity index (χ4n) is 0.644. The van der Waals surface area contributed by atoms with E-state index in [4.69, 9.17) is 5.11 Å². The molecule has 1 unspecified atom stereocenters. The monoisotopic (exact) mass is 143 g/mol. The molecule has 0 aromatic carbocycles. The molecule has 0 aliphatic carbocycles. The van der Waals surface area contributed by atoms with E-state index in [-0.39, 0.29) is 12.3 Å². The van der Waals surface area contributed by atoms with Gasteiger partial charge in [0.2, 0.25) is 6.29 Å². The molecular weight excluding hydrogens is 132 g/mol. The number of carbonyl (C=O) groups is 1. The second-order valence-electron chi connectivity index (χ2n) is 2.16. The van der Waals surface area contributed by atoms with Gasteiger partial charge in [-0.05, 0) is 12.8 Å². The Morgan fingerprint density at radius 2 is 2.30 bits per heavy atom. The predicted molar refractivity (Wildman–Crippen MR) is 36.3 cm³/mol. The van der Waals surface area contributed by atoms with E-state index in [2.05, 4.69) is 0 Å². The summed E-state index contributed by atoms with van der Waals surface area (Å²) < 4.78 is 0. The van der Waals surface area contributed by atoms with Gasteiger partial charge in [0.25, 0.3) is 0 Å². The van der Waals surface area contributed by atoms with Gasteiger partial charge in [-0.2, -0.15) is 0 Å². The number of carboxylic acids is 1. The molecule has 0 amide bonds. The van der Waals surface area contributed by atoms with Crippen LogP contribution in [0.4, 0.5) is 0 Å². The zero-order chi connectivity index (χ0) is 7.98. The Labute approximate surface area is 60.0 Å². The number of carbonyl (C=O) groups excluding carboxylic acids is 1. The third-order valence-electron chi connectivity index (χ3n) is 1.37. The van der Waals surface area contributed by atoms with Gasteiger partial charge in [-0.25, -0.2) is 0 Å². The smallest absolute Gasteiger partial charge is 0.303 e. The van der Waals surface area contributed by atoms with Crippen molar-refractivity contribution in [1.82, 2.24) is 0 Å². The van der Waals surface area contributed by atoms with Crippen molar-refractivity contribution in [1.29, 1.82) is 0 Å². The van der Waals surface area contributed by atoms with E-state index in [9.17, 15) is 9.59 Å². The van der Waals surface area contributed by atoms with Crippen LogP contribution in [-0.4, -0.2) is 17.4 Å². The van der Waals surface area contributed by atoms with Gasteiger partial charge in [-0.3, -0.25) is 9.59 Å². The summed E-state index contributed by atoms with van der Waals surface area (Å²) in [5.74, 6) is -1.05. The number of carboxylic acid groups (broad SMARTS) is 1. The molecule has 0 aromatic heterocycles. The van der Waals surface area contributed by atoms with Crippen LogP contribution < -0.4 is 0 Å². The molecule has 0 aromatic rings. The van der Waals surface area contributed by atoms with Gasteiger partial charge in [-0.1, -0.05) is 6.92 Å². The minimum atomic E-state index is -0.853. The third kappa shape index (κ3) is 4.06. The highest BCUT2D eigenvalue weighted by Gasteiger charge is 2.07. The SMILES string of the molecule is CCC([C]=O)CCC(=O)O. The molecule has 0 saturated carbocycles. The summed E-state index contributed by atoms with van der Waals surface area (Å²) in [7, 11) is 0. The Balaban J connectivity index is 3.44. The van der Waals surface area contributed by atoms with Crippen LogP contribution in [0.2, 0.25) is 0 Å². The molecule has 0 heterocycles. The van der Waals surface area contributed by atoms with Crippen LogP contribution in [-0.2, 0) is 9.59 Å². The molecule has 1 radical (unpaired) electrons. The number of rotatable bonds is 5. The number of hydrogen-bond acceptors (Lipinski definition) is 2. The fourth-order valence-corrected chi connectivity index (χ4v) is 0.644. The van der Waals surface area contributed by atoms with E-state index in [0.29, 0.717) is 12.8 Å². The highest BCUT2D eigenvalue weighted by Crippen LogP contribution is 2.06. The van der Waals surface area contributed by atoms with Gasteiger partial charge in [0.1, 0.15) is 0 Å². The summed E-state index contributed by atoms with van der Waals surface area (Å²) in [6.07, 6.45) is 2.95. The summed E-state index contributed by atoms with van der Waals surface area (Å²) in [4.78, 5) is 20.0. The van der Waals surface area contributed by atoms with Crippen molar-refractivity contribution < 1.29 is 14.7 Å². The maximum atomic E-state index is 10.0. The average Bonchev–Trinajstić information content (AvgIpc) is 1.90. The Hall–Kier alpha value is -0.860. The first-order valence-corrected chi connectivity index (χ1v) is 3.30. The molecule has 0 spiro atoms. The predicted octanol–water partition coefficient (Wildman–Crippen LogP) is 0.987. The topological polar surface area (TPSA) is 54.4 Å². The molecule has 0 aliphatic rings. The largest absolute Gasteiger partial charge is 0.481 e.